The van der Waals surface area contributed by atoms with Crippen LogP contribution in [0.4, 0.5) is 13.2 Å². The Balaban J connectivity index is 1.44. The molecule has 190 valence electrons. The average Bonchev–Trinajstić information content (AvgIpc) is 3.20. The highest BCUT2D eigenvalue weighted by molar-refractivity contribution is 7.99. The molecule has 3 heterocycles. The predicted octanol–water partition coefficient (Wildman–Crippen LogP) is 6.25. The first kappa shape index (κ1) is 26.2. The molecule has 0 spiro atoms. The predicted molar refractivity (Wildman–Crippen MR) is 134 cm³/mol. The number of benzene rings is 1. The number of aromatic nitrogens is 2. The van der Waals surface area contributed by atoms with E-state index in [1.54, 1.807) is 18.0 Å². The lowest BCUT2D eigenvalue weighted by atomic mass is 9.99. The lowest BCUT2D eigenvalue weighted by Crippen LogP contribution is -2.26. The highest BCUT2D eigenvalue weighted by Gasteiger charge is 2.35. The van der Waals surface area contributed by atoms with Crippen molar-refractivity contribution in [2.75, 3.05) is 5.75 Å². The first-order chi connectivity index (χ1) is 17.2. The number of carbonyl (C=O) groups is 1. The van der Waals surface area contributed by atoms with Gasteiger partial charge in [0.25, 0.3) is 5.91 Å². The van der Waals surface area contributed by atoms with Crippen LogP contribution >= 0.6 is 11.8 Å². The Kier molecular flexibility index (Phi) is 8.00. The molecule has 0 bridgehead atoms. The Labute approximate surface area is 213 Å². The third-order valence-electron chi connectivity index (χ3n) is 6.13. The first-order valence-corrected chi connectivity index (χ1v) is 12.9. The minimum atomic E-state index is -4.46. The van der Waals surface area contributed by atoms with Crippen LogP contribution in [-0.2, 0) is 25.8 Å². The van der Waals surface area contributed by atoms with Crippen molar-refractivity contribution in [1.29, 1.82) is 0 Å². The maximum Gasteiger partial charge on any atom is 0.433 e. The standard InChI is InChI=1S/C27H29F3N4OS/c1-4-36-22-8-5-18(6-9-22)12-33-26(35)20-11-21-16-34(25(17(2)3)24(21)32-14-20)15-19-7-10-23(31-13-19)27(28,29)30/h5-11,13-14,17,25H,4,12,15-16H2,1-3H3,(H,33,35)/t25-/m1/s1. The first-order valence-electron chi connectivity index (χ1n) is 11.9. The van der Waals surface area contributed by atoms with Crippen molar-refractivity contribution < 1.29 is 18.0 Å². The molecule has 1 aromatic carbocycles. The van der Waals surface area contributed by atoms with E-state index in [-0.39, 0.29) is 17.9 Å². The van der Waals surface area contributed by atoms with Crippen molar-refractivity contribution in [2.24, 2.45) is 5.92 Å². The van der Waals surface area contributed by atoms with E-state index in [0.29, 0.717) is 30.8 Å². The highest BCUT2D eigenvalue weighted by Crippen LogP contribution is 2.38. The topological polar surface area (TPSA) is 58.1 Å². The van der Waals surface area contributed by atoms with Gasteiger partial charge in [-0.05, 0) is 52.6 Å². The maximum atomic E-state index is 12.9. The molecule has 0 saturated heterocycles. The van der Waals surface area contributed by atoms with Crippen LogP contribution in [0.2, 0.25) is 0 Å². The number of nitrogens with one attached hydrogen (secondary N) is 1. The van der Waals surface area contributed by atoms with E-state index in [1.807, 2.05) is 18.2 Å². The molecule has 1 atom stereocenters. The van der Waals surface area contributed by atoms with Crippen molar-refractivity contribution in [2.45, 2.75) is 57.5 Å². The summed E-state index contributed by atoms with van der Waals surface area (Å²) < 4.78 is 38.6. The number of nitrogens with zero attached hydrogens (tertiary/aromatic N) is 3. The molecule has 0 saturated carbocycles. The number of thioether (sulfide) groups is 1. The van der Waals surface area contributed by atoms with Crippen molar-refractivity contribution in [3.63, 3.8) is 0 Å². The van der Waals surface area contributed by atoms with Crippen LogP contribution in [0, 0.1) is 5.92 Å². The van der Waals surface area contributed by atoms with Gasteiger partial charge in [0.15, 0.2) is 0 Å². The Bertz CT molecular complexity index is 1200. The zero-order chi connectivity index (χ0) is 25.9. The van der Waals surface area contributed by atoms with Crippen LogP contribution < -0.4 is 5.32 Å². The van der Waals surface area contributed by atoms with Crippen LogP contribution in [0.25, 0.3) is 0 Å². The van der Waals surface area contributed by atoms with Crippen molar-refractivity contribution in [3.05, 3.63) is 88.5 Å². The smallest absolute Gasteiger partial charge is 0.348 e. The van der Waals surface area contributed by atoms with E-state index >= 15 is 0 Å². The Morgan fingerprint density at radius 1 is 1.11 bits per heavy atom. The second kappa shape index (κ2) is 11.0. The van der Waals surface area contributed by atoms with Gasteiger partial charge in [0.2, 0.25) is 0 Å². The second-order valence-corrected chi connectivity index (χ2v) is 10.5. The molecule has 0 unspecified atom stereocenters. The van der Waals surface area contributed by atoms with Crippen LogP contribution in [0.3, 0.4) is 0 Å². The summed E-state index contributed by atoms with van der Waals surface area (Å²) >= 11 is 1.77. The third kappa shape index (κ3) is 6.07. The molecular weight excluding hydrogens is 485 g/mol. The molecule has 1 N–H and O–H groups in total. The van der Waals surface area contributed by atoms with Gasteiger partial charge in [-0.1, -0.05) is 39.0 Å². The Morgan fingerprint density at radius 3 is 2.44 bits per heavy atom. The molecule has 0 aliphatic carbocycles. The SMILES string of the molecule is CCSc1ccc(CNC(=O)c2cnc3c(c2)CN(Cc2ccc(C(F)(F)F)nc2)[C@@H]3C(C)C)cc1. The monoisotopic (exact) mass is 514 g/mol. The molecule has 3 aromatic rings. The summed E-state index contributed by atoms with van der Waals surface area (Å²) in [4.78, 5) is 24.4. The summed E-state index contributed by atoms with van der Waals surface area (Å²) in [6.45, 7) is 7.71. The number of rotatable bonds is 8. The third-order valence-corrected chi connectivity index (χ3v) is 7.02. The molecule has 0 radical (unpaired) electrons. The van der Waals surface area contributed by atoms with Crippen LogP contribution in [0.15, 0.2) is 59.8 Å². The van der Waals surface area contributed by atoms with Gasteiger partial charge in [-0.25, -0.2) is 0 Å². The van der Waals surface area contributed by atoms with E-state index in [1.165, 1.54) is 17.2 Å². The fraction of sp³-hybridized carbons (Fsp3) is 0.370. The normalized spacial score (nSPS) is 15.8. The second-order valence-electron chi connectivity index (χ2n) is 9.17. The molecule has 5 nitrogen and oxygen atoms in total. The quantitative estimate of drug-likeness (QED) is 0.360. The Morgan fingerprint density at radius 2 is 1.83 bits per heavy atom. The molecule has 1 amide bonds. The Hall–Kier alpha value is -2.91. The molecule has 1 aliphatic rings. The van der Waals surface area contributed by atoms with Gasteiger partial charge in [0, 0.05) is 36.9 Å². The van der Waals surface area contributed by atoms with E-state index in [9.17, 15) is 18.0 Å². The molecule has 9 heteroatoms. The summed E-state index contributed by atoms with van der Waals surface area (Å²) in [5, 5.41) is 2.96. The number of amides is 1. The zero-order valence-corrected chi connectivity index (χ0v) is 21.3. The summed E-state index contributed by atoms with van der Waals surface area (Å²) in [6, 6.07) is 12.5. The van der Waals surface area contributed by atoms with E-state index < -0.39 is 11.9 Å². The van der Waals surface area contributed by atoms with Gasteiger partial charge in [0.05, 0.1) is 17.3 Å². The number of carbonyl (C=O) groups excluding carboxylic acids is 1. The van der Waals surface area contributed by atoms with Crippen LogP contribution in [-0.4, -0.2) is 26.5 Å². The fourth-order valence-electron chi connectivity index (χ4n) is 4.49. The minimum Gasteiger partial charge on any atom is -0.348 e. The average molecular weight is 515 g/mol. The highest BCUT2D eigenvalue weighted by atomic mass is 32.2. The van der Waals surface area contributed by atoms with E-state index in [2.05, 4.69) is 53.1 Å². The fourth-order valence-corrected chi connectivity index (χ4v) is 5.16. The minimum absolute atomic E-state index is 0.00101. The summed E-state index contributed by atoms with van der Waals surface area (Å²) in [5.74, 6) is 1.05. The van der Waals surface area contributed by atoms with Crippen LogP contribution in [0.5, 0.6) is 0 Å². The van der Waals surface area contributed by atoms with Crippen molar-refractivity contribution in [1.82, 2.24) is 20.2 Å². The van der Waals surface area contributed by atoms with Crippen molar-refractivity contribution in [3.8, 4) is 0 Å². The number of hydrogen-bond donors (Lipinski definition) is 1. The number of halogens is 3. The van der Waals surface area contributed by atoms with Crippen molar-refractivity contribution >= 4 is 17.7 Å². The molecule has 4 rings (SSSR count). The molecule has 0 fully saturated rings. The number of hydrogen-bond acceptors (Lipinski definition) is 5. The number of alkyl halides is 3. The summed E-state index contributed by atoms with van der Waals surface area (Å²) in [6.07, 6.45) is -1.57. The van der Waals surface area contributed by atoms with Gasteiger partial charge in [-0.15, -0.1) is 11.8 Å². The zero-order valence-electron chi connectivity index (χ0n) is 20.5. The van der Waals surface area contributed by atoms with Gasteiger partial charge < -0.3 is 5.32 Å². The van der Waals surface area contributed by atoms with Gasteiger partial charge >= 0.3 is 6.18 Å². The summed E-state index contributed by atoms with van der Waals surface area (Å²) in [5.41, 5.74) is 3.18. The molecule has 1 aliphatic heterocycles. The maximum absolute atomic E-state index is 12.9. The molecule has 2 aromatic heterocycles. The largest absolute Gasteiger partial charge is 0.433 e. The van der Waals surface area contributed by atoms with E-state index in [0.717, 1.165) is 28.6 Å². The molecule has 36 heavy (non-hydrogen) atoms. The molecular formula is C27H29F3N4OS. The van der Waals surface area contributed by atoms with E-state index in [4.69, 9.17) is 0 Å². The van der Waals surface area contributed by atoms with Gasteiger partial charge in [0.1, 0.15) is 5.69 Å². The van der Waals surface area contributed by atoms with Crippen LogP contribution in [0.1, 0.15) is 65.2 Å². The van der Waals surface area contributed by atoms with Gasteiger partial charge in [-0.2, -0.15) is 13.2 Å². The van der Waals surface area contributed by atoms with Gasteiger partial charge in [-0.3, -0.25) is 19.7 Å². The number of fused-ring (bicyclic) bond motifs is 1. The lowest BCUT2D eigenvalue weighted by molar-refractivity contribution is -0.141. The summed E-state index contributed by atoms with van der Waals surface area (Å²) in [7, 11) is 0. The number of pyridine rings is 2. The lowest BCUT2D eigenvalue weighted by Gasteiger charge is -2.27.